The van der Waals surface area contributed by atoms with Gasteiger partial charge in [-0.2, -0.15) is 0 Å². The van der Waals surface area contributed by atoms with Crippen LogP contribution in [0.25, 0.3) is 11.6 Å². The normalized spacial score (nSPS) is 11.1. The Morgan fingerprint density at radius 3 is 2.56 bits per heavy atom. The molecule has 4 rings (SSSR count). The molecule has 1 N–H and O–H groups in total. The van der Waals surface area contributed by atoms with E-state index in [1.807, 2.05) is 59.0 Å². The molecule has 0 atom stereocenters. The van der Waals surface area contributed by atoms with E-state index in [2.05, 4.69) is 10.4 Å². The Hall–Kier alpha value is -3.20. The third-order valence-corrected chi connectivity index (χ3v) is 5.45. The van der Waals surface area contributed by atoms with Crippen LogP contribution in [0.1, 0.15) is 5.56 Å². The van der Waals surface area contributed by atoms with E-state index in [0.717, 1.165) is 5.56 Å². The van der Waals surface area contributed by atoms with Crippen molar-refractivity contribution in [2.45, 2.75) is 13.2 Å². The highest BCUT2D eigenvalue weighted by Crippen LogP contribution is 2.20. The number of benzene rings is 2. The molecular weight excluding hydrogens is 446 g/mol. The van der Waals surface area contributed by atoms with Gasteiger partial charge >= 0.3 is 0 Å². The van der Waals surface area contributed by atoms with E-state index in [0.29, 0.717) is 40.3 Å². The lowest BCUT2D eigenvalue weighted by Crippen LogP contribution is -2.32. The predicted molar refractivity (Wildman–Crippen MR) is 127 cm³/mol. The lowest BCUT2D eigenvalue weighted by molar-refractivity contribution is -0.117. The summed E-state index contributed by atoms with van der Waals surface area (Å²) in [4.78, 5) is 14.3. The van der Waals surface area contributed by atoms with Gasteiger partial charge in [-0.15, -0.1) is 5.10 Å². The Kier molecular flexibility index (Phi) is 6.84. The Labute approximate surface area is 195 Å². The summed E-state index contributed by atoms with van der Waals surface area (Å²) in [5.41, 5.74) is 1.79. The molecule has 32 heavy (non-hydrogen) atoms. The zero-order valence-electron chi connectivity index (χ0n) is 17.4. The van der Waals surface area contributed by atoms with Crippen LogP contribution in [0, 0.1) is 4.77 Å². The van der Waals surface area contributed by atoms with Gasteiger partial charge in [0.1, 0.15) is 0 Å². The standard InChI is InChI=1S/C23H22ClN5O2S/c1-27(15-21(30)25-19-11-9-18(24)10-12-19)16-29-23(32)28(14-17-6-3-2-4-7-17)22(26-29)20-8-5-13-31-20/h2-13H,14-16H2,1H3,(H,25,30). The number of furan rings is 1. The van der Waals surface area contributed by atoms with Crippen LogP contribution < -0.4 is 5.32 Å². The molecule has 0 radical (unpaired) electrons. The van der Waals surface area contributed by atoms with Crippen LogP contribution >= 0.6 is 23.8 Å². The van der Waals surface area contributed by atoms with Crippen molar-refractivity contribution in [3.63, 3.8) is 0 Å². The van der Waals surface area contributed by atoms with Crippen molar-refractivity contribution in [2.24, 2.45) is 0 Å². The number of hydrogen-bond acceptors (Lipinski definition) is 5. The van der Waals surface area contributed by atoms with E-state index in [1.165, 1.54) is 0 Å². The largest absolute Gasteiger partial charge is 0.461 e. The van der Waals surface area contributed by atoms with Crippen molar-refractivity contribution >= 4 is 35.4 Å². The Morgan fingerprint density at radius 1 is 1.12 bits per heavy atom. The Balaban J connectivity index is 1.50. The summed E-state index contributed by atoms with van der Waals surface area (Å²) in [6.07, 6.45) is 1.61. The topological polar surface area (TPSA) is 68.2 Å². The summed E-state index contributed by atoms with van der Waals surface area (Å²) in [6.45, 7) is 1.09. The SMILES string of the molecule is CN(CC(=O)Nc1ccc(Cl)cc1)Cn1nc(-c2ccco2)n(Cc2ccccc2)c1=S. The number of nitrogens with zero attached hydrogens (tertiary/aromatic N) is 4. The second kappa shape index (κ2) is 9.95. The summed E-state index contributed by atoms with van der Waals surface area (Å²) in [7, 11) is 1.84. The molecular formula is C23H22ClN5O2S. The molecule has 2 aromatic carbocycles. The van der Waals surface area contributed by atoms with Gasteiger partial charge in [-0.1, -0.05) is 41.9 Å². The molecule has 0 fully saturated rings. The molecule has 2 aromatic heterocycles. The maximum Gasteiger partial charge on any atom is 0.238 e. The lowest BCUT2D eigenvalue weighted by atomic mass is 10.2. The maximum absolute atomic E-state index is 12.4. The molecule has 0 saturated carbocycles. The number of anilines is 1. The highest BCUT2D eigenvalue weighted by molar-refractivity contribution is 7.71. The second-order valence-corrected chi connectivity index (χ2v) is 8.17. The maximum atomic E-state index is 12.4. The predicted octanol–water partition coefficient (Wildman–Crippen LogP) is 4.90. The molecule has 0 aliphatic heterocycles. The van der Waals surface area contributed by atoms with Gasteiger partial charge in [0.05, 0.1) is 26.0 Å². The van der Waals surface area contributed by atoms with Crippen LogP contribution in [-0.4, -0.2) is 38.7 Å². The first kappa shape index (κ1) is 22.0. The molecule has 1 amide bonds. The van der Waals surface area contributed by atoms with E-state index in [-0.39, 0.29) is 12.5 Å². The summed E-state index contributed by atoms with van der Waals surface area (Å²) in [6, 6.07) is 20.7. The van der Waals surface area contributed by atoms with E-state index >= 15 is 0 Å². The van der Waals surface area contributed by atoms with Crippen molar-refractivity contribution in [2.75, 3.05) is 18.9 Å². The molecule has 0 bridgehead atoms. The number of likely N-dealkylation sites (N-methyl/N-ethyl adjacent to an activating group) is 1. The fourth-order valence-electron chi connectivity index (χ4n) is 3.29. The average molecular weight is 468 g/mol. The van der Waals surface area contributed by atoms with Gasteiger partial charge in [-0.3, -0.25) is 14.3 Å². The third-order valence-electron chi connectivity index (χ3n) is 4.76. The summed E-state index contributed by atoms with van der Waals surface area (Å²) in [5.74, 6) is 1.13. The summed E-state index contributed by atoms with van der Waals surface area (Å²) < 4.78 is 9.76. The van der Waals surface area contributed by atoms with Crippen LogP contribution in [0.15, 0.2) is 77.4 Å². The molecule has 7 nitrogen and oxygen atoms in total. The molecule has 4 aromatic rings. The first-order valence-corrected chi connectivity index (χ1v) is 10.8. The van der Waals surface area contributed by atoms with Crippen LogP contribution in [-0.2, 0) is 18.0 Å². The van der Waals surface area contributed by atoms with Gasteiger partial charge in [-0.05, 0) is 61.2 Å². The van der Waals surface area contributed by atoms with Crippen molar-refractivity contribution in [3.8, 4) is 11.6 Å². The lowest BCUT2D eigenvalue weighted by Gasteiger charge is -2.16. The molecule has 0 aliphatic rings. The highest BCUT2D eigenvalue weighted by Gasteiger charge is 2.17. The van der Waals surface area contributed by atoms with Gasteiger partial charge in [0.2, 0.25) is 5.91 Å². The van der Waals surface area contributed by atoms with E-state index < -0.39 is 0 Å². The van der Waals surface area contributed by atoms with E-state index in [4.69, 9.17) is 28.2 Å². The van der Waals surface area contributed by atoms with Crippen molar-refractivity contribution in [1.29, 1.82) is 0 Å². The molecule has 0 spiro atoms. The number of hydrogen-bond donors (Lipinski definition) is 1. The third kappa shape index (κ3) is 5.34. The summed E-state index contributed by atoms with van der Waals surface area (Å²) >= 11 is 11.6. The fraction of sp³-hybridized carbons (Fsp3) is 0.174. The molecule has 0 saturated heterocycles. The minimum atomic E-state index is -0.142. The monoisotopic (exact) mass is 467 g/mol. The minimum Gasteiger partial charge on any atom is -0.461 e. The van der Waals surface area contributed by atoms with Crippen molar-refractivity contribution in [1.82, 2.24) is 19.2 Å². The van der Waals surface area contributed by atoms with Crippen LogP contribution in [0.5, 0.6) is 0 Å². The number of aromatic nitrogens is 3. The number of amides is 1. The zero-order valence-corrected chi connectivity index (χ0v) is 19.0. The Bertz CT molecular complexity index is 1230. The molecule has 0 aliphatic carbocycles. The van der Waals surface area contributed by atoms with Gasteiger partial charge in [0.25, 0.3) is 0 Å². The molecule has 164 valence electrons. The van der Waals surface area contributed by atoms with Crippen molar-refractivity contribution in [3.05, 3.63) is 88.4 Å². The summed E-state index contributed by atoms with van der Waals surface area (Å²) in [5, 5.41) is 8.16. The smallest absolute Gasteiger partial charge is 0.238 e. The zero-order chi connectivity index (χ0) is 22.5. The second-order valence-electron chi connectivity index (χ2n) is 7.37. The molecule has 2 heterocycles. The van der Waals surface area contributed by atoms with Crippen LogP contribution in [0.3, 0.4) is 0 Å². The number of nitrogens with one attached hydrogen (secondary N) is 1. The van der Waals surface area contributed by atoms with Gasteiger partial charge in [-0.25, -0.2) is 4.68 Å². The van der Waals surface area contributed by atoms with Gasteiger partial charge in [0.15, 0.2) is 16.4 Å². The quantitative estimate of drug-likeness (QED) is 0.373. The van der Waals surface area contributed by atoms with E-state index in [9.17, 15) is 4.79 Å². The first-order chi connectivity index (χ1) is 15.5. The van der Waals surface area contributed by atoms with Crippen LogP contribution in [0.4, 0.5) is 5.69 Å². The fourth-order valence-corrected chi connectivity index (χ4v) is 3.66. The number of carbonyl (C=O) groups is 1. The van der Waals surface area contributed by atoms with E-state index in [1.54, 1.807) is 35.2 Å². The first-order valence-electron chi connectivity index (χ1n) is 9.99. The van der Waals surface area contributed by atoms with Gasteiger partial charge in [0, 0.05) is 10.7 Å². The van der Waals surface area contributed by atoms with Gasteiger partial charge < -0.3 is 9.73 Å². The minimum absolute atomic E-state index is 0.142. The average Bonchev–Trinajstić information content (AvgIpc) is 3.40. The Morgan fingerprint density at radius 2 is 1.88 bits per heavy atom. The molecule has 9 heteroatoms. The highest BCUT2D eigenvalue weighted by atomic mass is 35.5. The number of rotatable bonds is 8. The van der Waals surface area contributed by atoms with Crippen molar-refractivity contribution < 1.29 is 9.21 Å². The molecule has 0 unspecified atom stereocenters. The number of halogens is 1. The number of carbonyl (C=O) groups excluding carboxylic acids is 1. The van der Waals surface area contributed by atoms with Crippen LogP contribution in [0.2, 0.25) is 5.02 Å².